The number of hydrogen-bond acceptors (Lipinski definition) is 7. The Bertz CT molecular complexity index is 1410. The Labute approximate surface area is 207 Å². The van der Waals surface area contributed by atoms with Crippen molar-refractivity contribution in [3.05, 3.63) is 70.1 Å². The van der Waals surface area contributed by atoms with Crippen LogP contribution in [0.2, 0.25) is 0 Å². The highest BCUT2D eigenvalue weighted by molar-refractivity contribution is 7.99. The van der Waals surface area contributed by atoms with Crippen molar-refractivity contribution in [2.45, 2.75) is 32.1 Å². The summed E-state index contributed by atoms with van der Waals surface area (Å²) in [5.41, 5.74) is 2.96. The minimum atomic E-state index is -0.209. The number of carbonyl (C=O) groups excluding carboxylic acids is 1. The summed E-state index contributed by atoms with van der Waals surface area (Å²) < 4.78 is 13.9. The van der Waals surface area contributed by atoms with Gasteiger partial charge in [-0.25, -0.2) is 4.98 Å². The first-order valence-corrected chi connectivity index (χ1v) is 12.1. The van der Waals surface area contributed by atoms with Gasteiger partial charge in [-0.15, -0.1) is 0 Å². The number of nitrogens with zero attached hydrogens (tertiary/aromatic N) is 4. The normalized spacial score (nSPS) is 11.0. The Morgan fingerprint density at radius 1 is 1.09 bits per heavy atom. The van der Waals surface area contributed by atoms with Gasteiger partial charge in [-0.2, -0.15) is 5.10 Å². The molecule has 0 bridgehead atoms. The van der Waals surface area contributed by atoms with E-state index >= 15 is 0 Å². The highest BCUT2D eigenvalue weighted by atomic mass is 32.2. The van der Waals surface area contributed by atoms with Crippen molar-refractivity contribution in [3.8, 4) is 11.5 Å². The van der Waals surface area contributed by atoms with Gasteiger partial charge in [0.15, 0.2) is 10.7 Å². The van der Waals surface area contributed by atoms with Crippen LogP contribution >= 0.6 is 11.8 Å². The van der Waals surface area contributed by atoms with Gasteiger partial charge in [0.25, 0.3) is 5.56 Å². The van der Waals surface area contributed by atoms with E-state index in [-0.39, 0.29) is 23.8 Å². The number of amides is 1. The van der Waals surface area contributed by atoms with Crippen molar-refractivity contribution >= 4 is 34.4 Å². The maximum atomic E-state index is 13.6. The van der Waals surface area contributed by atoms with Crippen LogP contribution in [0.15, 0.2) is 58.5 Å². The van der Waals surface area contributed by atoms with Crippen molar-refractivity contribution in [2.24, 2.45) is 0 Å². The van der Waals surface area contributed by atoms with Gasteiger partial charge in [-0.05, 0) is 44.2 Å². The van der Waals surface area contributed by atoms with Crippen LogP contribution in [0.3, 0.4) is 0 Å². The number of rotatable bonds is 9. The Kier molecular flexibility index (Phi) is 7.40. The first-order chi connectivity index (χ1) is 16.9. The maximum Gasteiger partial charge on any atom is 0.280 e. The SMILES string of the molecule is CCn1nc(C)c2nc(SCC(=O)Nc3ccc(OC)cc3)n(Cc3ccccc3OC)c(=O)c21. The fourth-order valence-corrected chi connectivity index (χ4v) is 4.56. The summed E-state index contributed by atoms with van der Waals surface area (Å²) >= 11 is 1.21. The van der Waals surface area contributed by atoms with Crippen LogP contribution in [0.25, 0.3) is 11.0 Å². The third-order valence-electron chi connectivity index (χ3n) is 5.51. The number of carbonyl (C=O) groups is 1. The molecule has 2 heterocycles. The highest BCUT2D eigenvalue weighted by Crippen LogP contribution is 2.24. The molecule has 0 atom stereocenters. The summed E-state index contributed by atoms with van der Waals surface area (Å²) in [5, 5.41) is 7.78. The highest BCUT2D eigenvalue weighted by Gasteiger charge is 2.20. The molecule has 182 valence electrons. The van der Waals surface area contributed by atoms with E-state index in [9.17, 15) is 9.59 Å². The summed E-state index contributed by atoms with van der Waals surface area (Å²) in [6.07, 6.45) is 0. The number of nitrogens with one attached hydrogen (secondary N) is 1. The predicted molar refractivity (Wildman–Crippen MR) is 137 cm³/mol. The zero-order valence-corrected chi connectivity index (χ0v) is 20.9. The quantitative estimate of drug-likeness (QED) is 0.280. The molecule has 0 unspecified atom stereocenters. The van der Waals surface area contributed by atoms with Crippen molar-refractivity contribution in [2.75, 3.05) is 25.3 Å². The first-order valence-electron chi connectivity index (χ1n) is 11.1. The second-order valence-corrected chi connectivity index (χ2v) is 8.70. The number of hydrogen-bond donors (Lipinski definition) is 1. The lowest BCUT2D eigenvalue weighted by molar-refractivity contribution is -0.113. The smallest absolute Gasteiger partial charge is 0.280 e. The van der Waals surface area contributed by atoms with Gasteiger partial charge >= 0.3 is 0 Å². The lowest BCUT2D eigenvalue weighted by Crippen LogP contribution is -2.26. The molecule has 1 N–H and O–H groups in total. The van der Waals surface area contributed by atoms with Crippen molar-refractivity contribution < 1.29 is 14.3 Å². The second kappa shape index (κ2) is 10.6. The van der Waals surface area contributed by atoms with Gasteiger partial charge in [-0.3, -0.25) is 18.8 Å². The average molecular weight is 494 g/mol. The minimum Gasteiger partial charge on any atom is -0.497 e. The molecule has 0 radical (unpaired) electrons. The lowest BCUT2D eigenvalue weighted by atomic mass is 10.2. The number of methoxy groups -OCH3 is 2. The number of thioether (sulfide) groups is 1. The molecule has 2 aromatic heterocycles. The number of aryl methyl sites for hydroxylation is 2. The van der Waals surface area contributed by atoms with Gasteiger partial charge in [-0.1, -0.05) is 30.0 Å². The van der Waals surface area contributed by atoms with Gasteiger partial charge < -0.3 is 14.8 Å². The summed E-state index contributed by atoms with van der Waals surface area (Å²) in [6.45, 7) is 4.56. The van der Waals surface area contributed by atoms with E-state index in [2.05, 4.69) is 10.4 Å². The molecule has 0 spiro atoms. The molecule has 0 aliphatic heterocycles. The summed E-state index contributed by atoms with van der Waals surface area (Å²) in [7, 11) is 3.18. The molecule has 1 amide bonds. The number of fused-ring (bicyclic) bond motifs is 1. The Morgan fingerprint density at radius 2 is 1.83 bits per heavy atom. The number of benzene rings is 2. The topological polar surface area (TPSA) is 100 Å². The molecule has 10 heteroatoms. The van der Waals surface area contributed by atoms with Crippen LogP contribution in [0.5, 0.6) is 11.5 Å². The van der Waals surface area contributed by atoms with E-state index in [4.69, 9.17) is 14.5 Å². The van der Waals surface area contributed by atoms with E-state index in [1.54, 1.807) is 47.7 Å². The first kappa shape index (κ1) is 24.3. The van der Waals surface area contributed by atoms with Crippen LogP contribution in [0, 0.1) is 6.92 Å². The Hall–Kier alpha value is -3.79. The average Bonchev–Trinajstić information content (AvgIpc) is 3.20. The number of ether oxygens (including phenoxy) is 2. The molecule has 2 aromatic carbocycles. The van der Waals surface area contributed by atoms with E-state index in [0.717, 1.165) is 5.56 Å². The van der Waals surface area contributed by atoms with Crippen LogP contribution in [-0.4, -0.2) is 45.2 Å². The second-order valence-electron chi connectivity index (χ2n) is 7.76. The van der Waals surface area contributed by atoms with Gasteiger partial charge in [0, 0.05) is 17.8 Å². The zero-order chi connectivity index (χ0) is 24.9. The Balaban J connectivity index is 1.67. The molecule has 35 heavy (non-hydrogen) atoms. The molecule has 0 saturated carbocycles. The van der Waals surface area contributed by atoms with E-state index < -0.39 is 0 Å². The lowest BCUT2D eigenvalue weighted by Gasteiger charge is -2.14. The molecule has 0 aliphatic rings. The monoisotopic (exact) mass is 493 g/mol. The van der Waals surface area contributed by atoms with E-state index in [1.807, 2.05) is 38.1 Å². The third-order valence-corrected chi connectivity index (χ3v) is 6.48. The molecule has 0 fully saturated rings. The molecule has 9 nitrogen and oxygen atoms in total. The molecular weight excluding hydrogens is 466 g/mol. The summed E-state index contributed by atoms with van der Waals surface area (Å²) in [5.74, 6) is 1.25. The van der Waals surface area contributed by atoms with Crippen LogP contribution in [0.1, 0.15) is 18.2 Å². The van der Waals surface area contributed by atoms with E-state index in [0.29, 0.717) is 45.6 Å². The van der Waals surface area contributed by atoms with E-state index in [1.165, 1.54) is 11.8 Å². The van der Waals surface area contributed by atoms with Crippen LogP contribution in [-0.2, 0) is 17.9 Å². The maximum absolute atomic E-state index is 13.6. The standard InChI is InChI=1S/C25H27N5O4S/c1-5-30-23-22(16(2)28-30)27-25(29(24(23)32)14-17-8-6-7-9-20(17)34-4)35-15-21(31)26-18-10-12-19(33-3)13-11-18/h6-13H,5,14-15H2,1-4H3,(H,26,31). The Morgan fingerprint density at radius 3 is 2.51 bits per heavy atom. The largest absolute Gasteiger partial charge is 0.497 e. The molecular formula is C25H27N5O4S. The fourth-order valence-electron chi connectivity index (χ4n) is 3.77. The van der Waals surface area contributed by atoms with Crippen LogP contribution < -0.4 is 20.3 Å². The minimum absolute atomic E-state index is 0.0802. The molecule has 4 rings (SSSR count). The number of para-hydroxylation sites is 1. The molecule has 0 saturated heterocycles. The van der Waals surface area contributed by atoms with Gasteiger partial charge in [0.2, 0.25) is 5.91 Å². The van der Waals surface area contributed by atoms with Crippen molar-refractivity contribution in [1.82, 2.24) is 19.3 Å². The summed E-state index contributed by atoms with van der Waals surface area (Å²) in [6, 6.07) is 14.6. The van der Waals surface area contributed by atoms with Gasteiger partial charge in [0.1, 0.15) is 17.0 Å². The zero-order valence-electron chi connectivity index (χ0n) is 20.1. The predicted octanol–water partition coefficient (Wildman–Crippen LogP) is 3.72. The van der Waals surface area contributed by atoms with Crippen molar-refractivity contribution in [3.63, 3.8) is 0 Å². The van der Waals surface area contributed by atoms with Gasteiger partial charge in [0.05, 0.1) is 32.2 Å². The van der Waals surface area contributed by atoms with Crippen LogP contribution in [0.4, 0.5) is 5.69 Å². The number of aromatic nitrogens is 4. The third kappa shape index (κ3) is 5.17. The number of anilines is 1. The molecule has 0 aliphatic carbocycles. The fraction of sp³-hybridized carbons (Fsp3) is 0.280. The van der Waals surface area contributed by atoms with Crippen molar-refractivity contribution in [1.29, 1.82) is 0 Å². The molecule has 4 aromatic rings. The summed E-state index contributed by atoms with van der Waals surface area (Å²) in [4.78, 5) is 31.1.